The zero-order valence-electron chi connectivity index (χ0n) is 19.1. The van der Waals surface area contributed by atoms with E-state index >= 15 is 0 Å². The second kappa shape index (κ2) is 12.5. The lowest BCUT2D eigenvalue weighted by atomic mass is 10.1. The molecule has 36 heavy (non-hydrogen) atoms. The van der Waals surface area contributed by atoms with Crippen LogP contribution in [0.15, 0.2) is 59.6 Å². The minimum absolute atomic E-state index is 0.0887. The first-order valence-electron chi connectivity index (χ1n) is 10.3. The third-order valence-electron chi connectivity index (χ3n) is 4.48. The topological polar surface area (TPSA) is 233 Å². The highest BCUT2D eigenvalue weighted by atomic mass is 16.7. The lowest BCUT2D eigenvalue weighted by Gasteiger charge is -2.30. The number of carbonyl (C=O) groups excluding carboxylic acids is 4. The van der Waals surface area contributed by atoms with E-state index in [-0.39, 0.29) is 11.6 Å². The van der Waals surface area contributed by atoms with Crippen LogP contribution < -0.4 is 32.9 Å². The second-order valence-electron chi connectivity index (χ2n) is 7.32. The van der Waals surface area contributed by atoms with E-state index in [1.165, 1.54) is 48.5 Å². The van der Waals surface area contributed by atoms with E-state index in [9.17, 15) is 24.0 Å². The number of nitrogens with two attached hydrogens (primary N) is 3. The molecule has 190 valence electrons. The number of aliphatic imine (C=N–C) groups is 1. The van der Waals surface area contributed by atoms with E-state index in [4.69, 9.17) is 27.1 Å². The molecular weight excluding hydrogens is 474 g/mol. The SMILES string of the molecule is CC(=O)[C@@H](C(=O)ONC(=O)Nc1ccc(N=C(N)N)cc1)N(C(=O)[C@@H](N)CC(=O)O)c1ccccc1. The molecule has 2 rings (SSSR count). The van der Waals surface area contributed by atoms with Crippen molar-refractivity contribution in [1.29, 1.82) is 0 Å². The number of nitrogens with one attached hydrogen (secondary N) is 2. The Morgan fingerprint density at radius 3 is 2.17 bits per heavy atom. The highest BCUT2D eigenvalue weighted by Crippen LogP contribution is 2.20. The zero-order valence-corrected chi connectivity index (χ0v) is 19.1. The van der Waals surface area contributed by atoms with Gasteiger partial charge in [0.25, 0.3) is 0 Å². The summed E-state index contributed by atoms with van der Waals surface area (Å²) in [6.07, 6.45) is -0.746. The van der Waals surface area contributed by atoms with Gasteiger partial charge in [-0.2, -0.15) is 5.48 Å². The van der Waals surface area contributed by atoms with Crippen molar-refractivity contribution in [3.63, 3.8) is 0 Å². The molecule has 9 N–H and O–H groups in total. The fraction of sp³-hybridized carbons (Fsp3) is 0.182. The Morgan fingerprint density at radius 1 is 1.03 bits per heavy atom. The summed E-state index contributed by atoms with van der Waals surface area (Å²) in [7, 11) is 0. The largest absolute Gasteiger partial charge is 0.481 e. The minimum Gasteiger partial charge on any atom is -0.481 e. The fourth-order valence-corrected chi connectivity index (χ4v) is 2.98. The van der Waals surface area contributed by atoms with Gasteiger partial charge in [0, 0.05) is 11.4 Å². The van der Waals surface area contributed by atoms with Crippen LogP contribution in [0.1, 0.15) is 13.3 Å². The summed E-state index contributed by atoms with van der Waals surface area (Å²) >= 11 is 0. The van der Waals surface area contributed by atoms with Crippen molar-refractivity contribution < 1.29 is 33.9 Å². The number of ketones is 1. The van der Waals surface area contributed by atoms with Crippen LogP contribution in [-0.4, -0.2) is 52.8 Å². The number of guanidine groups is 1. The molecule has 2 aromatic carbocycles. The van der Waals surface area contributed by atoms with E-state index in [0.29, 0.717) is 11.4 Å². The number of hydrogen-bond acceptors (Lipinski definition) is 8. The number of amides is 3. The third kappa shape index (κ3) is 7.81. The Labute approximate surface area is 205 Å². The normalized spacial score (nSPS) is 11.8. The number of benzene rings is 2. The van der Waals surface area contributed by atoms with Crippen LogP contribution in [0.3, 0.4) is 0 Å². The Kier molecular flexibility index (Phi) is 9.45. The highest BCUT2D eigenvalue weighted by molar-refractivity contribution is 6.14. The van der Waals surface area contributed by atoms with Gasteiger partial charge < -0.3 is 32.5 Å². The third-order valence-corrected chi connectivity index (χ3v) is 4.48. The number of urea groups is 1. The molecule has 0 unspecified atom stereocenters. The van der Waals surface area contributed by atoms with Gasteiger partial charge in [0.05, 0.1) is 18.2 Å². The van der Waals surface area contributed by atoms with Crippen molar-refractivity contribution in [3.8, 4) is 0 Å². The maximum absolute atomic E-state index is 13.0. The number of nitrogens with zero attached hydrogens (tertiary/aromatic N) is 2. The van der Waals surface area contributed by atoms with E-state index in [1.54, 1.807) is 6.07 Å². The van der Waals surface area contributed by atoms with Crippen LogP contribution >= 0.6 is 0 Å². The molecule has 0 aliphatic carbocycles. The summed E-state index contributed by atoms with van der Waals surface area (Å²) in [5.74, 6) is -4.63. The summed E-state index contributed by atoms with van der Waals surface area (Å²) in [6.45, 7) is 1.02. The summed E-state index contributed by atoms with van der Waals surface area (Å²) in [5, 5.41) is 11.4. The number of carboxylic acids is 1. The molecule has 0 aliphatic heterocycles. The van der Waals surface area contributed by atoms with Crippen molar-refractivity contribution in [2.45, 2.75) is 25.4 Å². The molecule has 3 amide bonds. The van der Waals surface area contributed by atoms with Crippen LogP contribution in [-0.2, 0) is 24.0 Å². The van der Waals surface area contributed by atoms with Crippen LogP contribution in [0.5, 0.6) is 0 Å². The molecule has 0 saturated heterocycles. The van der Waals surface area contributed by atoms with Crippen LogP contribution in [0.25, 0.3) is 0 Å². The number of hydrogen-bond donors (Lipinski definition) is 6. The number of rotatable bonds is 9. The Hall–Kier alpha value is -4.98. The Balaban J connectivity index is 2.17. The second-order valence-corrected chi connectivity index (χ2v) is 7.32. The summed E-state index contributed by atoms with van der Waals surface area (Å²) < 4.78 is 0. The van der Waals surface area contributed by atoms with Gasteiger partial charge in [-0.25, -0.2) is 14.6 Å². The number of hydroxylamine groups is 1. The van der Waals surface area contributed by atoms with Gasteiger partial charge in [-0.1, -0.05) is 18.2 Å². The first-order valence-corrected chi connectivity index (χ1v) is 10.3. The number of carbonyl (C=O) groups is 5. The highest BCUT2D eigenvalue weighted by Gasteiger charge is 2.39. The van der Waals surface area contributed by atoms with Gasteiger partial charge in [0.15, 0.2) is 17.8 Å². The van der Waals surface area contributed by atoms with Gasteiger partial charge in [-0.15, -0.1) is 0 Å². The lowest BCUT2D eigenvalue weighted by molar-refractivity contribution is -0.153. The van der Waals surface area contributed by atoms with Gasteiger partial charge >= 0.3 is 18.0 Å². The van der Waals surface area contributed by atoms with E-state index in [1.807, 2.05) is 5.48 Å². The Morgan fingerprint density at radius 2 is 1.64 bits per heavy atom. The van der Waals surface area contributed by atoms with Crippen molar-refractivity contribution in [2.24, 2.45) is 22.2 Å². The Bertz CT molecular complexity index is 1150. The van der Waals surface area contributed by atoms with E-state index in [0.717, 1.165) is 11.8 Å². The smallest absolute Gasteiger partial charge is 0.362 e. The average molecular weight is 499 g/mol. The molecule has 0 saturated carbocycles. The molecule has 0 heterocycles. The van der Waals surface area contributed by atoms with Gasteiger partial charge in [0.2, 0.25) is 5.91 Å². The molecular formula is C22H25N7O7. The number of carboxylic acid groups (broad SMARTS) is 1. The first kappa shape index (κ1) is 27.3. The number of Topliss-reactive ketones (excluding diaryl/α,β-unsaturated/α-hetero) is 1. The van der Waals surface area contributed by atoms with Crippen molar-refractivity contribution in [1.82, 2.24) is 5.48 Å². The molecule has 0 aromatic heterocycles. The number of para-hydroxylation sites is 1. The predicted octanol–water partition coefficient (Wildman–Crippen LogP) is -0.0360. The quantitative estimate of drug-likeness (QED) is 0.117. The predicted molar refractivity (Wildman–Crippen MR) is 129 cm³/mol. The van der Waals surface area contributed by atoms with Crippen molar-refractivity contribution >= 4 is 52.7 Å². The molecule has 0 spiro atoms. The average Bonchev–Trinajstić information content (AvgIpc) is 2.81. The molecule has 0 fully saturated rings. The number of aliphatic carboxylic acids is 1. The minimum atomic E-state index is -1.86. The summed E-state index contributed by atoms with van der Waals surface area (Å²) in [5.41, 5.74) is 18.9. The van der Waals surface area contributed by atoms with Crippen molar-refractivity contribution in [2.75, 3.05) is 10.2 Å². The lowest BCUT2D eigenvalue weighted by Crippen LogP contribution is -2.56. The van der Waals surface area contributed by atoms with Crippen LogP contribution in [0.4, 0.5) is 21.9 Å². The standard InChI is InChI=1S/C22H25N7O7/c1-12(30)18(29(15-5-3-2-4-6-15)19(33)16(23)11-17(31)32)20(34)36-28-22(35)27-14-9-7-13(8-10-14)26-21(24)25/h2-10,16,18H,11,23H2,1H3,(H,31,32)(H4,24,25,26)(H2,27,28,35)/t16-,18-/m0/s1. The first-order chi connectivity index (χ1) is 17.0. The van der Waals surface area contributed by atoms with Gasteiger partial charge in [-0.05, 0) is 43.3 Å². The van der Waals surface area contributed by atoms with E-state index < -0.39 is 48.2 Å². The summed E-state index contributed by atoms with van der Waals surface area (Å²) in [4.78, 5) is 70.6. The summed E-state index contributed by atoms with van der Waals surface area (Å²) in [6, 6.07) is 9.10. The fourth-order valence-electron chi connectivity index (χ4n) is 2.98. The molecule has 0 bridgehead atoms. The van der Waals surface area contributed by atoms with E-state index in [2.05, 4.69) is 10.3 Å². The monoisotopic (exact) mass is 499 g/mol. The molecule has 14 heteroatoms. The van der Waals surface area contributed by atoms with Crippen LogP contribution in [0.2, 0.25) is 0 Å². The molecule has 0 radical (unpaired) electrons. The van der Waals surface area contributed by atoms with Gasteiger partial charge in [0.1, 0.15) is 0 Å². The molecule has 14 nitrogen and oxygen atoms in total. The number of anilines is 2. The maximum atomic E-state index is 13.0. The molecule has 2 aromatic rings. The van der Waals surface area contributed by atoms with Crippen LogP contribution in [0, 0.1) is 0 Å². The zero-order chi connectivity index (χ0) is 26.8. The van der Waals surface area contributed by atoms with Crippen molar-refractivity contribution in [3.05, 3.63) is 54.6 Å². The molecule has 2 atom stereocenters. The molecule has 0 aliphatic rings. The van der Waals surface area contributed by atoms with Gasteiger partial charge in [-0.3, -0.25) is 19.3 Å². The maximum Gasteiger partial charge on any atom is 0.362 e.